The Bertz CT molecular complexity index is 409. The van der Waals surface area contributed by atoms with Gasteiger partial charge in [-0.2, -0.15) is 0 Å². The highest BCUT2D eigenvalue weighted by molar-refractivity contribution is 5.87. The molecule has 6 atom stereocenters. The standard InChI is InChI=1S/C15H25NO4/c1-8(17)11-12-9-6-5-7-10(19-4)13(9)20-15(2,3)16(12)14(11)18/h8-13,17H,5-7H2,1-4H3/t8-,9+,10-,11-,12-,13?/m1/s1. The van der Waals surface area contributed by atoms with Crippen LogP contribution in [0.3, 0.4) is 0 Å². The number of β-lactam (4-membered cyclic amide) rings is 1. The van der Waals surface area contributed by atoms with Crippen LogP contribution >= 0.6 is 0 Å². The lowest BCUT2D eigenvalue weighted by Crippen LogP contribution is -2.78. The van der Waals surface area contributed by atoms with Gasteiger partial charge in [0.2, 0.25) is 5.91 Å². The highest BCUT2D eigenvalue weighted by atomic mass is 16.6. The minimum Gasteiger partial charge on any atom is -0.393 e. The van der Waals surface area contributed by atoms with E-state index in [0.29, 0.717) is 0 Å². The Morgan fingerprint density at radius 3 is 2.75 bits per heavy atom. The molecule has 1 unspecified atom stereocenters. The van der Waals surface area contributed by atoms with Crippen LogP contribution in [-0.2, 0) is 14.3 Å². The Balaban J connectivity index is 1.92. The summed E-state index contributed by atoms with van der Waals surface area (Å²) in [6, 6.07) is 0.0919. The second-order valence-corrected chi connectivity index (χ2v) is 6.86. The summed E-state index contributed by atoms with van der Waals surface area (Å²) in [6.07, 6.45) is 2.67. The Hall–Kier alpha value is -0.650. The summed E-state index contributed by atoms with van der Waals surface area (Å²) < 4.78 is 11.8. The van der Waals surface area contributed by atoms with Gasteiger partial charge in [0.15, 0.2) is 0 Å². The molecule has 2 aliphatic heterocycles. The van der Waals surface area contributed by atoms with E-state index in [-0.39, 0.29) is 36.0 Å². The monoisotopic (exact) mass is 283 g/mol. The largest absolute Gasteiger partial charge is 0.393 e. The molecule has 5 heteroatoms. The number of aliphatic hydroxyl groups is 1. The smallest absolute Gasteiger partial charge is 0.232 e. The van der Waals surface area contributed by atoms with Crippen LogP contribution in [0.4, 0.5) is 0 Å². The fourth-order valence-electron chi connectivity index (χ4n) is 4.44. The maximum absolute atomic E-state index is 12.3. The lowest BCUT2D eigenvalue weighted by Gasteiger charge is -2.64. The van der Waals surface area contributed by atoms with Crippen molar-refractivity contribution in [3.63, 3.8) is 0 Å². The molecule has 0 aromatic rings. The number of nitrogens with zero attached hydrogens (tertiary/aromatic N) is 1. The van der Waals surface area contributed by atoms with Gasteiger partial charge < -0.3 is 19.5 Å². The van der Waals surface area contributed by atoms with Crippen LogP contribution in [0.1, 0.15) is 40.0 Å². The van der Waals surface area contributed by atoms with E-state index in [4.69, 9.17) is 9.47 Å². The molecule has 3 aliphatic rings. The molecule has 0 radical (unpaired) electrons. The second kappa shape index (κ2) is 4.68. The van der Waals surface area contributed by atoms with Gasteiger partial charge in [0, 0.05) is 13.0 Å². The minimum absolute atomic E-state index is 0.0213. The first-order valence-corrected chi connectivity index (χ1v) is 7.60. The van der Waals surface area contributed by atoms with Crippen molar-refractivity contribution in [2.75, 3.05) is 7.11 Å². The molecular formula is C15H25NO4. The second-order valence-electron chi connectivity index (χ2n) is 6.86. The number of fused-ring (bicyclic) bond motifs is 3. The molecular weight excluding hydrogens is 258 g/mol. The molecule has 1 aliphatic carbocycles. The number of carbonyl (C=O) groups excluding carboxylic acids is 1. The quantitative estimate of drug-likeness (QED) is 0.772. The summed E-state index contributed by atoms with van der Waals surface area (Å²) in [5, 5.41) is 9.95. The van der Waals surface area contributed by atoms with E-state index < -0.39 is 11.8 Å². The molecule has 0 aromatic heterocycles. The van der Waals surface area contributed by atoms with E-state index in [1.807, 2.05) is 18.7 Å². The average molecular weight is 283 g/mol. The zero-order valence-electron chi connectivity index (χ0n) is 12.7. The maximum atomic E-state index is 12.3. The summed E-state index contributed by atoms with van der Waals surface area (Å²) in [7, 11) is 1.73. The van der Waals surface area contributed by atoms with Gasteiger partial charge in [0.05, 0.1) is 30.3 Å². The van der Waals surface area contributed by atoms with E-state index in [2.05, 4.69) is 0 Å². The van der Waals surface area contributed by atoms with Gasteiger partial charge in [-0.25, -0.2) is 0 Å². The van der Waals surface area contributed by atoms with Crippen molar-refractivity contribution in [3.05, 3.63) is 0 Å². The molecule has 1 N–H and O–H groups in total. The number of methoxy groups -OCH3 is 1. The molecule has 0 aromatic carbocycles. The van der Waals surface area contributed by atoms with Crippen molar-refractivity contribution in [3.8, 4) is 0 Å². The topological polar surface area (TPSA) is 59.0 Å². The van der Waals surface area contributed by atoms with E-state index in [9.17, 15) is 9.90 Å². The van der Waals surface area contributed by atoms with E-state index >= 15 is 0 Å². The molecule has 0 bridgehead atoms. The highest BCUT2D eigenvalue weighted by Crippen LogP contribution is 2.50. The van der Waals surface area contributed by atoms with Crippen LogP contribution in [0.15, 0.2) is 0 Å². The third kappa shape index (κ3) is 1.83. The van der Waals surface area contributed by atoms with E-state index in [0.717, 1.165) is 19.3 Å². The Morgan fingerprint density at radius 2 is 2.15 bits per heavy atom. The van der Waals surface area contributed by atoms with Crippen LogP contribution in [0.5, 0.6) is 0 Å². The van der Waals surface area contributed by atoms with Crippen LogP contribution in [-0.4, -0.2) is 53.1 Å². The van der Waals surface area contributed by atoms with Crippen molar-refractivity contribution in [2.24, 2.45) is 11.8 Å². The Labute approximate surface area is 120 Å². The molecule has 1 saturated carbocycles. The summed E-state index contributed by atoms with van der Waals surface area (Å²) >= 11 is 0. The Morgan fingerprint density at radius 1 is 1.45 bits per heavy atom. The molecule has 3 rings (SSSR count). The fourth-order valence-corrected chi connectivity index (χ4v) is 4.44. The molecule has 3 fully saturated rings. The molecule has 114 valence electrons. The number of aliphatic hydroxyl groups excluding tert-OH is 1. The molecule has 0 spiro atoms. The van der Waals surface area contributed by atoms with Gasteiger partial charge in [0.1, 0.15) is 5.72 Å². The fraction of sp³-hybridized carbons (Fsp3) is 0.933. The lowest BCUT2D eigenvalue weighted by molar-refractivity contribution is -0.302. The summed E-state index contributed by atoms with van der Waals surface area (Å²) in [4.78, 5) is 14.2. The summed E-state index contributed by atoms with van der Waals surface area (Å²) in [5.41, 5.74) is -0.609. The molecule has 5 nitrogen and oxygen atoms in total. The maximum Gasteiger partial charge on any atom is 0.232 e. The first kappa shape index (κ1) is 14.3. The van der Waals surface area contributed by atoms with Crippen LogP contribution < -0.4 is 0 Å². The predicted octanol–water partition coefficient (Wildman–Crippen LogP) is 1.14. The Kier molecular flexibility index (Phi) is 3.35. The van der Waals surface area contributed by atoms with Crippen LogP contribution in [0.2, 0.25) is 0 Å². The zero-order valence-corrected chi connectivity index (χ0v) is 12.7. The molecule has 20 heavy (non-hydrogen) atoms. The number of rotatable bonds is 2. The van der Waals surface area contributed by atoms with Gasteiger partial charge in [-0.3, -0.25) is 4.79 Å². The lowest BCUT2D eigenvalue weighted by atomic mass is 9.66. The predicted molar refractivity (Wildman–Crippen MR) is 72.9 cm³/mol. The summed E-state index contributed by atoms with van der Waals surface area (Å²) in [5.74, 6) is 0.0216. The van der Waals surface area contributed by atoms with Gasteiger partial charge in [-0.1, -0.05) is 6.42 Å². The number of hydrogen-bond acceptors (Lipinski definition) is 4. The van der Waals surface area contributed by atoms with Crippen molar-refractivity contribution in [1.29, 1.82) is 0 Å². The SMILES string of the molecule is CO[C@@H]1CCC[C@@H]2C1OC(C)(C)N1C(=O)[C@H]([C@@H](C)O)[C@@H]21. The van der Waals surface area contributed by atoms with Crippen molar-refractivity contribution < 1.29 is 19.4 Å². The van der Waals surface area contributed by atoms with Gasteiger partial charge in [-0.15, -0.1) is 0 Å². The molecule has 2 saturated heterocycles. The highest BCUT2D eigenvalue weighted by Gasteiger charge is 2.64. The number of hydrogen-bond donors (Lipinski definition) is 1. The first-order chi connectivity index (χ1) is 9.38. The van der Waals surface area contributed by atoms with Gasteiger partial charge >= 0.3 is 0 Å². The van der Waals surface area contributed by atoms with Crippen molar-refractivity contribution in [2.45, 2.75) is 70.1 Å². The van der Waals surface area contributed by atoms with Crippen LogP contribution in [0.25, 0.3) is 0 Å². The average Bonchev–Trinajstić information content (AvgIpc) is 2.34. The van der Waals surface area contributed by atoms with Gasteiger partial charge in [-0.05, 0) is 33.6 Å². The molecule has 1 amide bonds. The van der Waals surface area contributed by atoms with Crippen molar-refractivity contribution >= 4 is 5.91 Å². The normalized spacial score (nSPS) is 44.4. The molecule has 2 heterocycles. The van der Waals surface area contributed by atoms with Crippen molar-refractivity contribution in [1.82, 2.24) is 4.90 Å². The van der Waals surface area contributed by atoms with Crippen LogP contribution in [0, 0.1) is 11.8 Å². The van der Waals surface area contributed by atoms with E-state index in [1.54, 1.807) is 14.0 Å². The number of amides is 1. The zero-order chi connectivity index (χ0) is 14.7. The minimum atomic E-state index is -0.609. The number of ether oxygens (including phenoxy) is 2. The third-order valence-electron chi connectivity index (χ3n) is 5.27. The van der Waals surface area contributed by atoms with E-state index in [1.165, 1.54) is 0 Å². The number of carbonyl (C=O) groups is 1. The van der Waals surface area contributed by atoms with Gasteiger partial charge in [0.25, 0.3) is 0 Å². The third-order valence-corrected chi connectivity index (χ3v) is 5.27. The first-order valence-electron chi connectivity index (χ1n) is 7.60. The summed E-state index contributed by atoms with van der Waals surface area (Å²) in [6.45, 7) is 5.59.